The van der Waals surface area contributed by atoms with E-state index in [-0.39, 0.29) is 5.91 Å². The molecule has 3 N–H and O–H groups in total. The van der Waals surface area contributed by atoms with Crippen molar-refractivity contribution in [3.8, 4) is 0 Å². The molecule has 0 saturated carbocycles. The van der Waals surface area contributed by atoms with Crippen molar-refractivity contribution in [3.63, 3.8) is 0 Å². The lowest BCUT2D eigenvalue weighted by Crippen LogP contribution is -2.36. The molecule has 3 nitrogen and oxygen atoms in total. The number of rotatable bonds is 4. The molecule has 0 aliphatic heterocycles. The second-order valence-corrected chi connectivity index (χ2v) is 5.26. The second-order valence-electron chi connectivity index (χ2n) is 4.38. The minimum Gasteiger partial charge on any atom is -0.325 e. The first kappa shape index (κ1) is 14.3. The molecule has 1 amide bonds. The molecule has 1 atom stereocenters. The van der Waals surface area contributed by atoms with Crippen molar-refractivity contribution in [2.24, 2.45) is 11.7 Å². The van der Waals surface area contributed by atoms with Gasteiger partial charge in [0.15, 0.2) is 0 Å². The van der Waals surface area contributed by atoms with Crippen LogP contribution in [0.2, 0.25) is 10.0 Å². The first-order valence-corrected chi connectivity index (χ1v) is 6.16. The van der Waals surface area contributed by atoms with Gasteiger partial charge in [-0.3, -0.25) is 4.79 Å². The molecule has 0 aromatic heterocycles. The Kier molecular flexibility index (Phi) is 5.25. The maximum Gasteiger partial charge on any atom is 0.241 e. The van der Waals surface area contributed by atoms with Gasteiger partial charge >= 0.3 is 0 Å². The van der Waals surface area contributed by atoms with Crippen LogP contribution >= 0.6 is 23.2 Å². The largest absolute Gasteiger partial charge is 0.325 e. The predicted molar refractivity (Wildman–Crippen MR) is 72.5 cm³/mol. The molecule has 5 heteroatoms. The number of amides is 1. The smallest absolute Gasteiger partial charge is 0.241 e. The molecular formula is C12H16Cl2N2O. The van der Waals surface area contributed by atoms with Crippen LogP contribution in [0.15, 0.2) is 18.2 Å². The van der Waals surface area contributed by atoms with Crippen LogP contribution in [0, 0.1) is 5.92 Å². The number of nitrogens with two attached hydrogens (primary N) is 1. The molecular weight excluding hydrogens is 259 g/mol. The fourth-order valence-corrected chi connectivity index (χ4v) is 2.00. The number of hydrogen-bond donors (Lipinski definition) is 2. The van der Waals surface area contributed by atoms with E-state index in [2.05, 4.69) is 5.32 Å². The minimum atomic E-state index is -0.521. The van der Waals surface area contributed by atoms with Crippen LogP contribution in [0.3, 0.4) is 0 Å². The SMILES string of the molecule is CC(C)CC(N)C(=O)Nc1cc(Cl)cc(Cl)c1. The molecule has 1 unspecified atom stereocenters. The Labute approximate surface area is 111 Å². The summed E-state index contributed by atoms with van der Waals surface area (Å²) in [7, 11) is 0. The van der Waals surface area contributed by atoms with Crippen LogP contribution in [0.1, 0.15) is 20.3 Å². The molecule has 0 saturated heterocycles. The van der Waals surface area contributed by atoms with Crippen LogP contribution in [-0.4, -0.2) is 11.9 Å². The van der Waals surface area contributed by atoms with Gasteiger partial charge in [-0.15, -0.1) is 0 Å². The summed E-state index contributed by atoms with van der Waals surface area (Å²) in [6.45, 7) is 4.03. The van der Waals surface area contributed by atoms with Gasteiger partial charge in [0.1, 0.15) is 0 Å². The number of hydrogen-bond acceptors (Lipinski definition) is 2. The van der Waals surface area contributed by atoms with Crippen LogP contribution in [0.5, 0.6) is 0 Å². The Hall–Kier alpha value is -0.770. The summed E-state index contributed by atoms with van der Waals surface area (Å²) in [6, 6.07) is 4.35. The highest BCUT2D eigenvalue weighted by Gasteiger charge is 2.15. The zero-order valence-corrected chi connectivity index (χ0v) is 11.3. The van der Waals surface area contributed by atoms with Gasteiger partial charge in [0, 0.05) is 15.7 Å². The summed E-state index contributed by atoms with van der Waals surface area (Å²) >= 11 is 11.7. The van der Waals surface area contributed by atoms with Crippen molar-refractivity contribution >= 4 is 34.8 Å². The van der Waals surface area contributed by atoms with E-state index in [1.54, 1.807) is 18.2 Å². The molecule has 1 aromatic carbocycles. The quantitative estimate of drug-likeness (QED) is 0.885. The van der Waals surface area contributed by atoms with Crippen molar-refractivity contribution in [2.75, 3.05) is 5.32 Å². The van der Waals surface area contributed by atoms with Crippen LogP contribution in [0.25, 0.3) is 0 Å². The lowest BCUT2D eigenvalue weighted by molar-refractivity contribution is -0.117. The molecule has 0 spiro atoms. The van der Waals surface area contributed by atoms with E-state index in [9.17, 15) is 4.79 Å². The van der Waals surface area contributed by atoms with E-state index in [4.69, 9.17) is 28.9 Å². The van der Waals surface area contributed by atoms with E-state index in [0.717, 1.165) is 0 Å². The van der Waals surface area contributed by atoms with Crippen molar-refractivity contribution in [2.45, 2.75) is 26.3 Å². The summed E-state index contributed by atoms with van der Waals surface area (Å²) in [4.78, 5) is 11.7. The van der Waals surface area contributed by atoms with Gasteiger partial charge < -0.3 is 11.1 Å². The molecule has 94 valence electrons. The number of anilines is 1. The molecule has 0 heterocycles. The number of benzene rings is 1. The zero-order chi connectivity index (χ0) is 13.0. The van der Waals surface area contributed by atoms with E-state index < -0.39 is 6.04 Å². The third-order valence-electron chi connectivity index (χ3n) is 2.19. The van der Waals surface area contributed by atoms with Gasteiger partial charge in [-0.05, 0) is 30.5 Å². The fraction of sp³-hybridized carbons (Fsp3) is 0.417. The Morgan fingerprint density at radius 3 is 2.29 bits per heavy atom. The number of carbonyl (C=O) groups excluding carboxylic acids is 1. The third kappa shape index (κ3) is 4.94. The monoisotopic (exact) mass is 274 g/mol. The van der Waals surface area contributed by atoms with Crippen molar-refractivity contribution in [1.82, 2.24) is 0 Å². The van der Waals surface area contributed by atoms with Crippen molar-refractivity contribution in [3.05, 3.63) is 28.2 Å². The van der Waals surface area contributed by atoms with Gasteiger partial charge in [0.25, 0.3) is 0 Å². The van der Waals surface area contributed by atoms with E-state index in [1.165, 1.54) is 0 Å². The first-order valence-electron chi connectivity index (χ1n) is 5.41. The summed E-state index contributed by atoms with van der Waals surface area (Å²) in [5.41, 5.74) is 6.33. The molecule has 0 bridgehead atoms. The zero-order valence-electron chi connectivity index (χ0n) is 9.84. The summed E-state index contributed by atoms with van der Waals surface area (Å²) in [6.07, 6.45) is 0.639. The Balaban J connectivity index is 2.67. The van der Waals surface area contributed by atoms with Crippen molar-refractivity contribution < 1.29 is 4.79 Å². The van der Waals surface area contributed by atoms with Gasteiger partial charge in [-0.1, -0.05) is 37.0 Å². The molecule has 1 aromatic rings. The molecule has 0 aliphatic carbocycles. The Morgan fingerprint density at radius 1 is 1.29 bits per heavy atom. The fourth-order valence-electron chi connectivity index (χ4n) is 1.48. The average molecular weight is 275 g/mol. The lowest BCUT2D eigenvalue weighted by atomic mass is 10.0. The highest BCUT2D eigenvalue weighted by molar-refractivity contribution is 6.35. The van der Waals surface area contributed by atoms with Gasteiger partial charge in [0.2, 0.25) is 5.91 Å². The molecule has 0 radical (unpaired) electrons. The first-order chi connectivity index (χ1) is 7.88. The van der Waals surface area contributed by atoms with E-state index >= 15 is 0 Å². The molecule has 0 aliphatic rings. The summed E-state index contributed by atoms with van der Waals surface area (Å²) < 4.78 is 0. The van der Waals surface area contributed by atoms with Gasteiger partial charge in [-0.25, -0.2) is 0 Å². The lowest BCUT2D eigenvalue weighted by Gasteiger charge is -2.14. The normalized spacial score (nSPS) is 12.6. The molecule has 17 heavy (non-hydrogen) atoms. The summed E-state index contributed by atoms with van der Waals surface area (Å²) in [5.74, 6) is 0.149. The van der Waals surface area contributed by atoms with E-state index in [1.807, 2.05) is 13.8 Å². The number of nitrogens with one attached hydrogen (secondary N) is 1. The van der Waals surface area contributed by atoms with Gasteiger partial charge in [-0.2, -0.15) is 0 Å². The van der Waals surface area contributed by atoms with Crippen LogP contribution in [-0.2, 0) is 4.79 Å². The number of carbonyl (C=O) groups is 1. The highest BCUT2D eigenvalue weighted by atomic mass is 35.5. The Bertz CT molecular complexity index is 387. The molecule has 1 rings (SSSR count). The third-order valence-corrected chi connectivity index (χ3v) is 2.63. The topological polar surface area (TPSA) is 55.1 Å². The second kappa shape index (κ2) is 6.24. The predicted octanol–water partition coefficient (Wildman–Crippen LogP) is 3.31. The van der Waals surface area contributed by atoms with E-state index in [0.29, 0.717) is 28.1 Å². The van der Waals surface area contributed by atoms with Crippen molar-refractivity contribution in [1.29, 1.82) is 0 Å². The maximum absolute atomic E-state index is 11.7. The standard InChI is InChI=1S/C12H16Cl2N2O/c1-7(2)3-11(15)12(17)16-10-5-8(13)4-9(14)6-10/h4-7,11H,3,15H2,1-2H3,(H,16,17). The Morgan fingerprint density at radius 2 is 1.82 bits per heavy atom. The summed E-state index contributed by atoms with van der Waals surface area (Å²) in [5, 5.41) is 3.65. The highest BCUT2D eigenvalue weighted by Crippen LogP contribution is 2.22. The minimum absolute atomic E-state index is 0.225. The molecule has 0 fully saturated rings. The number of halogens is 2. The van der Waals surface area contributed by atoms with Crippen LogP contribution in [0.4, 0.5) is 5.69 Å². The van der Waals surface area contributed by atoms with Gasteiger partial charge in [0.05, 0.1) is 6.04 Å². The van der Waals surface area contributed by atoms with Crippen LogP contribution < -0.4 is 11.1 Å². The average Bonchev–Trinajstić information content (AvgIpc) is 2.14. The maximum atomic E-state index is 11.7.